The van der Waals surface area contributed by atoms with E-state index in [2.05, 4.69) is 40.5 Å². The smallest absolute Gasteiger partial charge is 0.132 e. The van der Waals surface area contributed by atoms with Gasteiger partial charge in [-0.25, -0.2) is 4.98 Å². The van der Waals surface area contributed by atoms with E-state index in [1.165, 1.54) is 5.56 Å². The minimum Gasteiger partial charge on any atom is -0.383 e. The molecule has 0 amide bonds. The van der Waals surface area contributed by atoms with Gasteiger partial charge in [0.2, 0.25) is 0 Å². The number of rotatable bonds is 2. The molecule has 2 aromatic rings. The Labute approximate surface area is 109 Å². The lowest BCUT2D eigenvalue weighted by atomic mass is 9.96. The lowest BCUT2D eigenvalue weighted by Crippen LogP contribution is -1.99. The molecule has 2 nitrogen and oxygen atoms in total. The van der Waals surface area contributed by atoms with Crippen LogP contribution in [0.1, 0.15) is 16.7 Å². The third kappa shape index (κ3) is 2.24. The van der Waals surface area contributed by atoms with E-state index in [0.717, 1.165) is 21.2 Å². The highest BCUT2D eigenvalue weighted by Crippen LogP contribution is 2.32. The molecule has 1 aromatic carbocycles. The molecule has 17 heavy (non-hydrogen) atoms. The number of nitrogen functional groups attached to an aromatic ring is 1. The highest BCUT2D eigenvalue weighted by Gasteiger charge is 2.12. The van der Waals surface area contributed by atoms with Gasteiger partial charge in [-0.15, -0.1) is 0 Å². The fraction of sp³-hybridized carbons (Fsp3) is 0.0714. The SMILES string of the molecule is C=C(c1ccccc1C)c1c(Br)ccnc1N. The predicted octanol–water partition coefficient (Wildman–Crippen LogP) is 3.80. The molecule has 3 heteroatoms. The first-order valence-corrected chi connectivity index (χ1v) is 6.06. The first-order chi connectivity index (χ1) is 8.11. The summed E-state index contributed by atoms with van der Waals surface area (Å²) in [5.74, 6) is 0.493. The van der Waals surface area contributed by atoms with Gasteiger partial charge in [0.05, 0.1) is 0 Å². The summed E-state index contributed by atoms with van der Waals surface area (Å²) in [6.45, 7) is 6.18. The van der Waals surface area contributed by atoms with Crippen LogP contribution in [-0.2, 0) is 0 Å². The molecule has 0 radical (unpaired) electrons. The second-order valence-electron chi connectivity index (χ2n) is 3.85. The van der Waals surface area contributed by atoms with E-state index in [1.54, 1.807) is 6.20 Å². The minimum atomic E-state index is 0.493. The molecule has 2 N–H and O–H groups in total. The van der Waals surface area contributed by atoms with Crippen molar-refractivity contribution in [3.8, 4) is 0 Å². The number of aryl methyl sites for hydroxylation is 1. The van der Waals surface area contributed by atoms with Crippen LogP contribution >= 0.6 is 15.9 Å². The molecule has 0 atom stereocenters. The second kappa shape index (κ2) is 4.72. The van der Waals surface area contributed by atoms with Crippen LogP contribution < -0.4 is 5.73 Å². The maximum absolute atomic E-state index is 5.91. The molecule has 0 bridgehead atoms. The maximum Gasteiger partial charge on any atom is 0.132 e. The monoisotopic (exact) mass is 288 g/mol. The van der Waals surface area contributed by atoms with Crippen molar-refractivity contribution >= 4 is 27.3 Å². The third-order valence-electron chi connectivity index (χ3n) is 2.70. The average molecular weight is 289 g/mol. The zero-order valence-electron chi connectivity index (χ0n) is 9.57. The molecule has 0 aliphatic heterocycles. The predicted molar refractivity (Wildman–Crippen MR) is 75.7 cm³/mol. The highest BCUT2D eigenvalue weighted by atomic mass is 79.9. The van der Waals surface area contributed by atoms with E-state index >= 15 is 0 Å². The van der Waals surface area contributed by atoms with Crippen molar-refractivity contribution < 1.29 is 0 Å². The number of hydrogen-bond acceptors (Lipinski definition) is 2. The number of hydrogen-bond donors (Lipinski definition) is 1. The zero-order chi connectivity index (χ0) is 12.4. The van der Waals surface area contributed by atoms with E-state index in [0.29, 0.717) is 5.82 Å². The van der Waals surface area contributed by atoms with Crippen LogP contribution in [-0.4, -0.2) is 4.98 Å². The lowest BCUT2D eigenvalue weighted by Gasteiger charge is -2.12. The van der Waals surface area contributed by atoms with Crippen molar-refractivity contribution in [2.24, 2.45) is 0 Å². The van der Waals surface area contributed by atoms with Gasteiger partial charge in [0.1, 0.15) is 5.82 Å². The molecule has 86 valence electrons. The molecular weight excluding hydrogens is 276 g/mol. The van der Waals surface area contributed by atoms with E-state index < -0.39 is 0 Å². The van der Waals surface area contributed by atoms with Crippen molar-refractivity contribution in [1.82, 2.24) is 4.98 Å². The number of nitrogens with zero attached hydrogens (tertiary/aromatic N) is 1. The Morgan fingerprint density at radius 2 is 2.00 bits per heavy atom. The summed E-state index contributed by atoms with van der Waals surface area (Å²) in [5, 5.41) is 0. The molecule has 0 aliphatic rings. The number of pyridine rings is 1. The van der Waals surface area contributed by atoms with Crippen LogP contribution in [0, 0.1) is 6.92 Å². The van der Waals surface area contributed by atoms with E-state index in [9.17, 15) is 0 Å². The molecule has 0 saturated heterocycles. The summed E-state index contributed by atoms with van der Waals surface area (Å²) in [4.78, 5) is 4.10. The van der Waals surface area contributed by atoms with E-state index in [-0.39, 0.29) is 0 Å². The Balaban J connectivity index is 2.56. The second-order valence-corrected chi connectivity index (χ2v) is 4.70. The number of benzene rings is 1. The van der Waals surface area contributed by atoms with Crippen LogP contribution in [0.3, 0.4) is 0 Å². The Morgan fingerprint density at radius 1 is 1.29 bits per heavy atom. The number of halogens is 1. The standard InChI is InChI=1S/C14H13BrN2/c1-9-5-3-4-6-11(9)10(2)13-12(15)7-8-17-14(13)16/h3-8H,2H2,1H3,(H2,16,17). The summed E-state index contributed by atoms with van der Waals surface area (Å²) >= 11 is 3.49. The minimum absolute atomic E-state index is 0.493. The third-order valence-corrected chi connectivity index (χ3v) is 3.36. The van der Waals surface area contributed by atoms with Gasteiger partial charge in [-0.1, -0.05) is 30.8 Å². The average Bonchev–Trinajstić information content (AvgIpc) is 2.29. The normalized spacial score (nSPS) is 10.2. The van der Waals surface area contributed by atoms with Crippen LogP contribution in [0.25, 0.3) is 5.57 Å². The fourth-order valence-electron chi connectivity index (χ4n) is 1.80. The molecule has 0 spiro atoms. The van der Waals surface area contributed by atoms with Gasteiger partial charge < -0.3 is 5.73 Å². The van der Waals surface area contributed by atoms with Crippen LogP contribution in [0.2, 0.25) is 0 Å². The first kappa shape index (κ1) is 11.9. The number of nitrogens with two attached hydrogens (primary N) is 1. The van der Waals surface area contributed by atoms with Crippen molar-refractivity contribution in [3.05, 3.63) is 64.3 Å². The van der Waals surface area contributed by atoms with Gasteiger partial charge >= 0.3 is 0 Å². The summed E-state index contributed by atoms with van der Waals surface area (Å²) < 4.78 is 0.915. The molecule has 0 unspecified atom stereocenters. The Kier molecular flexibility index (Phi) is 3.29. The van der Waals surface area contributed by atoms with Gasteiger partial charge in [0.15, 0.2) is 0 Å². The van der Waals surface area contributed by atoms with Crippen molar-refractivity contribution in [1.29, 1.82) is 0 Å². The first-order valence-electron chi connectivity index (χ1n) is 5.26. The van der Waals surface area contributed by atoms with Gasteiger partial charge in [-0.05, 0) is 45.6 Å². The van der Waals surface area contributed by atoms with Crippen LogP contribution in [0.15, 0.2) is 47.6 Å². The largest absolute Gasteiger partial charge is 0.383 e. The number of anilines is 1. The molecular formula is C14H13BrN2. The fourth-order valence-corrected chi connectivity index (χ4v) is 2.36. The molecule has 0 fully saturated rings. The molecule has 2 rings (SSSR count). The van der Waals surface area contributed by atoms with Crippen molar-refractivity contribution in [2.45, 2.75) is 6.92 Å². The number of aromatic nitrogens is 1. The van der Waals surface area contributed by atoms with Gasteiger partial charge in [0, 0.05) is 16.2 Å². The molecule has 1 heterocycles. The summed E-state index contributed by atoms with van der Waals surface area (Å²) in [6, 6.07) is 9.97. The molecule has 1 aromatic heterocycles. The van der Waals surface area contributed by atoms with E-state index in [4.69, 9.17) is 5.73 Å². The molecule has 0 saturated carbocycles. The van der Waals surface area contributed by atoms with Crippen LogP contribution in [0.4, 0.5) is 5.82 Å². The lowest BCUT2D eigenvalue weighted by molar-refractivity contribution is 1.30. The Morgan fingerprint density at radius 3 is 2.65 bits per heavy atom. The molecule has 0 aliphatic carbocycles. The van der Waals surface area contributed by atoms with Crippen molar-refractivity contribution in [3.63, 3.8) is 0 Å². The maximum atomic E-state index is 5.91. The van der Waals surface area contributed by atoms with Gasteiger partial charge in [0.25, 0.3) is 0 Å². The quantitative estimate of drug-likeness (QED) is 0.913. The Bertz CT molecular complexity index is 556. The summed E-state index contributed by atoms with van der Waals surface area (Å²) in [6.07, 6.45) is 1.67. The summed E-state index contributed by atoms with van der Waals surface area (Å²) in [7, 11) is 0. The Hall–Kier alpha value is -1.61. The van der Waals surface area contributed by atoms with Crippen LogP contribution in [0.5, 0.6) is 0 Å². The zero-order valence-corrected chi connectivity index (χ0v) is 11.2. The summed E-state index contributed by atoms with van der Waals surface area (Å²) in [5.41, 5.74) is 9.92. The topological polar surface area (TPSA) is 38.9 Å². The van der Waals surface area contributed by atoms with E-state index in [1.807, 2.05) is 24.3 Å². The van der Waals surface area contributed by atoms with Gasteiger partial charge in [-0.3, -0.25) is 0 Å². The van der Waals surface area contributed by atoms with Gasteiger partial charge in [-0.2, -0.15) is 0 Å². The highest BCUT2D eigenvalue weighted by molar-refractivity contribution is 9.10. The van der Waals surface area contributed by atoms with Crippen molar-refractivity contribution in [2.75, 3.05) is 5.73 Å².